The molecule has 2 saturated carbocycles. The van der Waals surface area contributed by atoms with Crippen LogP contribution in [0.5, 0.6) is 0 Å². The maximum atomic E-state index is 13.1. The second-order valence-electron chi connectivity index (χ2n) is 9.58. The number of hydrogen-bond donors (Lipinski definition) is 1. The molecule has 3 atom stereocenters. The summed E-state index contributed by atoms with van der Waals surface area (Å²) < 4.78 is 28.0. The van der Waals surface area contributed by atoms with E-state index in [1.54, 1.807) is 12.1 Å². The molecule has 1 aliphatic heterocycles. The molecule has 1 heterocycles. The number of nitrogens with one attached hydrogen (secondary N) is 1. The molecule has 154 valence electrons. The van der Waals surface area contributed by atoms with E-state index in [4.69, 9.17) is 0 Å². The van der Waals surface area contributed by atoms with E-state index in [9.17, 15) is 13.2 Å². The molecule has 1 aromatic rings. The van der Waals surface area contributed by atoms with Crippen LogP contribution in [-0.4, -0.2) is 37.8 Å². The highest BCUT2D eigenvalue weighted by Gasteiger charge is 2.59. The van der Waals surface area contributed by atoms with Crippen LogP contribution in [0.1, 0.15) is 63.2 Å². The first-order valence-electron chi connectivity index (χ1n) is 10.2. The van der Waals surface area contributed by atoms with Gasteiger partial charge in [-0.1, -0.05) is 20.8 Å². The number of carbonyl (C=O) groups excluding carboxylic acids is 1. The summed E-state index contributed by atoms with van der Waals surface area (Å²) in [7, 11) is -3.59. The van der Waals surface area contributed by atoms with Gasteiger partial charge in [-0.15, -0.1) is 0 Å². The summed E-state index contributed by atoms with van der Waals surface area (Å²) in [6, 6.07) is 5.00. The van der Waals surface area contributed by atoms with E-state index in [0.29, 0.717) is 29.0 Å². The largest absolute Gasteiger partial charge is 0.348 e. The maximum Gasteiger partial charge on any atom is 0.251 e. The Morgan fingerprint density at radius 1 is 1.21 bits per heavy atom. The van der Waals surface area contributed by atoms with Crippen LogP contribution >= 0.6 is 15.9 Å². The predicted molar refractivity (Wildman–Crippen MR) is 113 cm³/mol. The standard InChI is InChI=1S/C21H29BrN2O3S/c1-20(2)15-8-9-21(3,13-15)19(20)23-18(25)14-6-7-16(22)17(12-14)28(26,27)24-10-4-5-11-24/h6-7,12,15,19H,4-5,8-11,13H2,1-3H3,(H,23,25)/t15-,19+,21+/m0/s1. The lowest BCUT2D eigenvalue weighted by molar-refractivity contribution is 0.0737. The van der Waals surface area contributed by atoms with Gasteiger partial charge < -0.3 is 5.32 Å². The van der Waals surface area contributed by atoms with E-state index in [0.717, 1.165) is 25.7 Å². The van der Waals surface area contributed by atoms with Gasteiger partial charge in [0, 0.05) is 29.2 Å². The monoisotopic (exact) mass is 468 g/mol. The molecule has 7 heteroatoms. The second kappa shape index (κ2) is 6.81. The topological polar surface area (TPSA) is 66.5 Å². The zero-order chi connectivity index (χ0) is 20.3. The molecule has 3 fully saturated rings. The summed E-state index contributed by atoms with van der Waals surface area (Å²) >= 11 is 3.37. The van der Waals surface area contributed by atoms with Crippen molar-refractivity contribution in [2.75, 3.05) is 13.1 Å². The molecule has 4 rings (SSSR count). The van der Waals surface area contributed by atoms with Crippen molar-refractivity contribution < 1.29 is 13.2 Å². The molecule has 5 nitrogen and oxygen atoms in total. The Kier molecular flexibility index (Phi) is 4.95. The third-order valence-electron chi connectivity index (χ3n) is 7.42. The van der Waals surface area contributed by atoms with Crippen molar-refractivity contribution in [3.63, 3.8) is 0 Å². The first-order valence-corrected chi connectivity index (χ1v) is 12.4. The summed E-state index contributed by atoms with van der Waals surface area (Å²) in [4.78, 5) is 13.3. The quantitative estimate of drug-likeness (QED) is 0.720. The van der Waals surface area contributed by atoms with Gasteiger partial charge in [-0.3, -0.25) is 4.79 Å². The number of rotatable bonds is 4. The number of hydrogen-bond acceptors (Lipinski definition) is 3. The first-order chi connectivity index (χ1) is 13.1. The predicted octanol–water partition coefficient (Wildman–Crippen LogP) is 4.18. The molecule has 1 saturated heterocycles. The molecule has 28 heavy (non-hydrogen) atoms. The molecule has 3 aliphatic rings. The summed E-state index contributed by atoms with van der Waals surface area (Å²) in [5, 5.41) is 3.26. The van der Waals surface area contributed by atoms with E-state index >= 15 is 0 Å². The third kappa shape index (κ3) is 3.14. The van der Waals surface area contributed by atoms with Crippen LogP contribution in [-0.2, 0) is 10.0 Å². The number of nitrogens with zero attached hydrogens (tertiary/aromatic N) is 1. The Balaban J connectivity index is 1.61. The third-order valence-corrected chi connectivity index (χ3v) is 10.3. The van der Waals surface area contributed by atoms with Gasteiger partial charge in [0.05, 0.1) is 4.90 Å². The second-order valence-corrected chi connectivity index (χ2v) is 12.3. The van der Waals surface area contributed by atoms with Gasteiger partial charge in [0.25, 0.3) is 5.91 Å². The Morgan fingerprint density at radius 2 is 1.89 bits per heavy atom. The summed E-state index contributed by atoms with van der Waals surface area (Å²) in [5.41, 5.74) is 0.592. The number of sulfonamides is 1. The van der Waals surface area contributed by atoms with Gasteiger partial charge in [0.1, 0.15) is 0 Å². The molecule has 0 radical (unpaired) electrons. The molecule has 2 bridgehead atoms. The smallest absolute Gasteiger partial charge is 0.251 e. The lowest BCUT2D eigenvalue weighted by atomic mass is 9.68. The average molecular weight is 469 g/mol. The van der Waals surface area contributed by atoms with Crippen molar-refractivity contribution in [1.82, 2.24) is 9.62 Å². The maximum absolute atomic E-state index is 13.1. The minimum absolute atomic E-state index is 0.0580. The zero-order valence-electron chi connectivity index (χ0n) is 16.8. The van der Waals surface area contributed by atoms with Gasteiger partial charge in [-0.2, -0.15) is 4.31 Å². The molecule has 1 N–H and O–H groups in total. The van der Waals surface area contributed by atoms with Crippen LogP contribution < -0.4 is 5.32 Å². The normalized spacial score (nSPS) is 32.0. The van der Waals surface area contributed by atoms with E-state index < -0.39 is 10.0 Å². The van der Waals surface area contributed by atoms with Crippen LogP contribution in [0, 0.1) is 16.7 Å². The highest BCUT2D eigenvalue weighted by molar-refractivity contribution is 9.10. The lowest BCUT2D eigenvalue weighted by Crippen LogP contribution is -2.52. The molecule has 0 spiro atoms. The van der Waals surface area contributed by atoms with E-state index in [-0.39, 0.29) is 27.7 Å². The number of carbonyl (C=O) groups is 1. The van der Waals surface area contributed by atoms with Crippen LogP contribution in [0.3, 0.4) is 0 Å². The Morgan fingerprint density at radius 3 is 2.50 bits per heavy atom. The van der Waals surface area contributed by atoms with Crippen molar-refractivity contribution >= 4 is 31.9 Å². The van der Waals surface area contributed by atoms with Crippen LogP contribution in [0.25, 0.3) is 0 Å². The minimum atomic E-state index is -3.59. The van der Waals surface area contributed by atoms with Gasteiger partial charge in [0.2, 0.25) is 10.0 Å². The first kappa shape index (κ1) is 20.4. The fourth-order valence-corrected chi connectivity index (χ4v) is 8.25. The molecule has 1 aromatic carbocycles. The molecular formula is C21H29BrN2O3S. The van der Waals surface area contributed by atoms with Gasteiger partial charge >= 0.3 is 0 Å². The van der Waals surface area contributed by atoms with E-state index in [1.165, 1.54) is 16.8 Å². The molecular weight excluding hydrogens is 440 g/mol. The summed E-state index contributed by atoms with van der Waals surface area (Å²) in [5.74, 6) is 0.455. The SMILES string of the molecule is CC1(C)[C@H]2CC[C@](C)(C2)[C@@H]1NC(=O)c1ccc(Br)c(S(=O)(=O)N2CCCC2)c1. The zero-order valence-corrected chi connectivity index (χ0v) is 19.2. The van der Waals surface area contributed by atoms with Crippen molar-refractivity contribution in [1.29, 1.82) is 0 Å². The minimum Gasteiger partial charge on any atom is -0.348 e. The van der Waals surface area contributed by atoms with Crippen molar-refractivity contribution in [2.24, 2.45) is 16.7 Å². The highest BCUT2D eigenvalue weighted by Crippen LogP contribution is 2.62. The number of halogens is 1. The highest BCUT2D eigenvalue weighted by atomic mass is 79.9. The number of amides is 1. The Labute approximate surface area is 176 Å². The summed E-state index contributed by atoms with van der Waals surface area (Å²) in [6.07, 6.45) is 5.29. The van der Waals surface area contributed by atoms with E-state index in [2.05, 4.69) is 42.0 Å². The summed E-state index contributed by atoms with van der Waals surface area (Å²) in [6.45, 7) is 7.86. The van der Waals surface area contributed by atoms with Gasteiger partial charge in [0.15, 0.2) is 0 Å². The van der Waals surface area contributed by atoms with Crippen LogP contribution in [0.4, 0.5) is 0 Å². The number of benzene rings is 1. The van der Waals surface area contributed by atoms with Crippen LogP contribution in [0.2, 0.25) is 0 Å². The fraction of sp³-hybridized carbons (Fsp3) is 0.667. The van der Waals surface area contributed by atoms with E-state index in [1.807, 2.05) is 0 Å². The fourth-order valence-electron chi connectivity index (χ4n) is 5.79. The molecule has 0 unspecified atom stereocenters. The Hall–Kier alpha value is -0.920. The molecule has 0 aromatic heterocycles. The average Bonchev–Trinajstić information content (AvgIpc) is 3.33. The van der Waals surface area contributed by atoms with Gasteiger partial charge in [-0.05, 0) is 83.0 Å². The molecule has 1 amide bonds. The van der Waals surface area contributed by atoms with Crippen molar-refractivity contribution in [2.45, 2.75) is 63.8 Å². The van der Waals surface area contributed by atoms with Crippen molar-refractivity contribution in [3.8, 4) is 0 Å². The van der Waals surface area contributed by atoms with Gasteiger partial charge in [-0.25, -0.2) is 8.42 Å². The van der Waals surface area contributed by atoms with Crippen molar-refractivity contribution in [3.05, 3.63) is 28.2 Å². The molecule has 2 aliphatic carbocycles. The Bertz CT molecular complexity index is 903. The lowest BCUT2D eigenvalue weighted by Gasteiger charge is -2.43. The van der Waals surface area contributed by atoms with Crippen LogP contribution in [0.15, 0.2) is 27.6 Å². The number of fused-ring (bicyclic) bond motifs is 2.